The second-order valence-electron chi connectivity index (χ2n) is 10.6. The monoisotopic (exact) mass is 657 g/mol. The molecule has 0 radical (unpaired) electrons. The lowest BCUT2D eigenvalue weighted by Gasteiger charge is -2.35. The Bertz CT molecular complexity index is 1510. The van der Waals surface area contributed by atoms with Gasteiger partial charge in [-0.2, -0.15) is 0 Å². The Hall–Kier alpha value is -2.49. The van der Waals surface area contributed by atoms with Crippen LogP contribution in [0.5, 0.6) is 0 Å². The third kappa shape index (κ3) is 9.25. The number of benzene rings is 3. The molecule has 0 aromatic heterocycles. The molecule has 0 saturated heterocycles. The number of carbonyl (C=O) groups excluding carboxylic acids is 2. The fourth-order valence-corrected chi connectivity index (χ4v) is 5.74. The van der Waals surface area contributed by atoms with Gasteiger partial charge >= 0.3 is 0 Å². The molecule has 0 unspecified atom stereocenters. The molecule has 1 atom stereocenters. The van der Waals surface area contributed by atoms with E-state index in [0.29, 0.717) is 10.6 Å². The summed E-state index contributed by atoms with van der Waals surface area (Å²) in [6, 6.07) is 17.6. The number of halogens is 4. The zero-order valence-electron chi connectivity index (χ0n) is 23.0. The Balaban J connectivity index is 2.12. The van der Waals surface area contributed by atoms with Crippen molar-refractivity contribution in [3.63, 3.8) is 0 Å². The van der Waals surface area contributed by atoms with Crippen molar-refractivity contribution in [3.8, 4) is 0 Å². The van der Waals surface area contributed by atoms with Gasteiger partial charge in [-0.3, -0.25) is 13.9 Å². The Labute approximate surface area is 261 Å². The largest absolute Gasteiger partial charge is 0.350 e. The molecular formula is C29H31Cl4N3O4S. The summed E-state index contributed by atoms with van der Waals surface area (Å²) < 4.78 is 26.7. The van der Waals surface area contributed by atoms with Crippen LogP contribution < -0.4 is 9.62 Å². The first kappa shape index (κ1) is 33.0. The highest BCUT2D eigenvalue weighted by molar-refractivity contribution is 7.92. The summed E-state index contributed by atoms with van der Waals surface area (Å²) >= 11 is 24.9. The van der Waals surface area contributed by atoms with E-state index < -0.39 is 40.0 Å². The lowest BCUT2D eigenvalue weighted by Crippen LogP contribution is -2.56. The molecule has 1 N–H and O–H groups in total. The SMILES string of the molecule is CC(C)(C)NC(=O)[C@@H](Cc1ccccc1)N(Cc1ccc(Cl)c(Cl)c1)C(=O)CN(c1cccc(Cl)c1Cl)S(C)(=O)=O. The van der Waals surface area contributed by atoms with Crippen LogP contribution in [0.4, 0.5) is 5.69 Å². The van der Waals surface area contributed by atoms with Gasteiger partial charge in [0.2, 0.25) is 21.8 Å². The second-order valence-corrected chi connectivity index (χ2v) is 14.1. The van der Waals surface area contributed by atoms with Crippen LogP contribution in [-0.4, -0.2) is 49.5 Å². The summed E-state index contributed by atoms with van der Waals surface area (Å²) in [7, 11) is -4.00. The van der Waals surface area contributed by atoms with Crippen LogP contribution in [0.15, 0.2) is 66.7 Å². The van der Waals surface area contributed by atoms with Gasteiger partial charge < -0.3 is 10.2 Å². The van der Waals surface area contributed by atoms with Crippen LogP contribution in [0.3, 0.4) is 0 Å². The molecule has 0 heterocycles. The van der Waals surface area contributed by atoms with Crippen molar-refractivity contribution in [2.75, 3.05) is 17.1 Å². The summed E-state index contributed by atoms with van der Waals surface area (Å²) in [5, 5.41) is 3.68. The van der Waals surface area contributed by atoms with Crippen molar-refractivity contribution in [2.24, 2.45) is 0 Å². The highest BCUT2D eigenvalue weighted by Crippen LogP contribution is 2.34. The van der Waals surface area contributed by atoms with Crippen LogP contribution in [0, 0.1) is 0 Å². The first-order valence-electron chi connectivity index (χ1n) is 12.6. The van der Waals surface area contributed by atoms with Gasteiger partial charge in [-0.25, -0.2) is 8.42 Å². The quantitative estimate of drug-likeness (QED) is 0.265. The molecule has 220 valence electrons. The lowest BCUT2D eigenvalue weighted by atomic mass is 10.0. The van der Waals surface area contributed by atoms with Crippen molar-refractivity contribution in [1.82, 2.24) is 10.2 Å². The summed E-state index contributed by atoms with van der Waals surface area (Å²) in [5.74, 6) is -1.04. The number of rotatable bonds is 10. The molecule has 0 fully saturated rings. The van der Waals surface area contributed by atoms with Gasteiger partial charge in [-0.15, -0.1) is 0 Å². The number of anilines is 1. The summed E-state index contributed by atoms with van der Waals surface area (Å²) in [4.78, 5) is 29.2. The van der Waals surface area contributed by atoms with E-state index in [2.05, 4.69) is 5.32 Å². The van der Waals surface area contributed by atoms with Crippen molar-refractivity contribution in [2.45, 2.75) is 45.3 Å². The average molecular weight is 659 g/mol. The van der Waals surface area contributed by atoms with Gasteiger partial charge in [-0.1, -0.05) is 88.9 Å². The minimum absolute atomic E-state index is 0.0188. The van der Waals surface area contributed by atoms with E-state index in [1.165, 1.54) is 23.1 Å². The van der Waals surface area contributed by atoms with Gasteiger partial charge in [0.25, 0.3) is 0 Å². The highest BCUT2D eigenvalue weighted by Gasteiger charge is 2.35. The molecule has 0 aliphatic heterocycles. The van der Waals surface area contributed by atoms with Crippen LogP contribution in [0.1, 0.15) is 31.9 Å². The third-order valence-corrected chi connectivity index (χ3v) is 8.66. The van der Waals surface area contributed by atoms with Gasteiger partial charge in [0.1, 0.15) is 12.6 Å². The molecule has 0 saturated carbocycles. The number of amides is 2. The molecule has 0 aliphatic rings. The van der Waals surface area contributed by atoms with Crippen molar-refractivity contribution in [3.05, 3.63) is 97.9 Å². The number of nitrogens with zero attached hydrogens (tertiary/aromatic N) is 2. The predicted octanol–water partition coefficient (Wildman–Crippen LogP) is 6.62. The molecule has 0 aliphatic carbocycles. The van der Waals surface area contributed by atoms with Crippen molar-refractivity contribution in [1.29, 1.82) is 0 Å². The maximum absolute atomic E-state index is 14.1. The highest BCUT2D eigenvalue weighted by atomic mass is 35.5. The third-order valence-electron chi connectivity index (χ3n) is 5.99. The minimum Gasteiger partial charge on any atom is -0.350 e. The van der Waals surface area contributed by atoms with E-state index in [1.54, 1.807) is 18.2 Å². The molecule has 41 heavy (non-hydrogen) atoms. The van der Waals surface area contributed by atoms with Gasteiger partial charge in [0.15, 0.2) is 0 Å². The minimum atomic E-state index is -4.00. The van der Waals surface area contributed by atoms with Gasteiger partial charge in [0.05, 0.1) is 32.0 Å². The van der Waals surface area contributed by atoms with Gasteiger partial charge in [0, 0.05) is 18.5 Å². The number of sulfonamides is 1. The summed E-state index contributed by atoms with van der Waals surface area (Å²) in [6.45, 7) is 4.83. The topological polar surface area (TPSA) is 86.8 Å². The fraction of sp³-hybridized carbons (Fsp3) is 0.310. The maximum Gasteiger partial charge on any atom is 0.244 e. The molecular weight excluding hydrogens is 628 g/mol. The number of nitrogens with one attached hydrogen (secondary N) is 1. The Morgan fingerprint density at radius 3 is 2.10 bits per heavy atom. The van der Waals surface area contributed by atoms with E-state index in [1.807, 2.05) is 51.1 Å². The van der Waals surface area contributed by atoms with Crippen LogP contribution in [0.25, 0.3) is 0 Å². The number of hydrogen-bond donors (Lipinski definition) is 1. The predicted molar refractivity (Wildman–Crippen MR) is 167 cm³/mol. The molecule has 12 heteroatoms. The number of carbonyl (C=O) groups is 2. The standard InChI is InChI=1S/C29H31Cl4N3O4S/c1-29(2,3)34-28(38)25(16-19-9-6-5-7-10-19)35(17-20-13-14-21(30)23(32)15-20)26(37)18-36(41(4,39)40)24-12-8-11-22(31)27(24)33/h5-15,25H,16-18H2,1-4H3,(H,34,38)/t25-/m1/s1. The maximum atomic E-state index is 14.1. The molecule has 2 amide bonds. The molecule has 0 spiro atoms. The summed E-state index contributed by atoms with van der Waals surface area (Å²) in [6.07, 6.45) is 1.14. The van der Waals surface area contributed by atoms with E-state index in [-0.39, 0.29) is 33.7 Å². The fourth-order valence-electron chi connectivity index (χ4n) is 4.12. The van der Waals surface area contributed by atoms with Crippen molar-refractivity contribution >= 4 is 73.9 Å². The smallest absolute Gasteiger partial charge is 0.244 e. The van der Waals surface area contributed by atoms with E-state index in [0.717, 1.165) is 16.1 Å². The normalized spacial score (nSPS) is 12.5. The van der Waals surface area contributed by atoms with E-state index >= 15 is 0 Å². The zero-order valence-corrected chi connectivity index (χ0v) is 26.8. The first-order chi connectivity index (χ1) is 19.1. The zero-order chi connectivity index (χ0) is 30.5. The average Bonchev–Trinajstić information content (AvgIpc) is 2.87. The van der Waals surface area contributed by atoms with Crippen molar-refractivity contribution < 1.29 is 18.0 Å². The Morgan fingerprint density at radius 1 is 0.854 bits per heavy atom. The summed E-state index contributed by atoms with van der Waals surface area (Å²) in [5.41, 5.74) is 0.855. The number of hydrogen-bond acceptors (Lipinski definition) is 4. The lowest BCUT2D eigenvalue weighted by molar-refractivity contribution is -0.140. The molecule has 3 aromatic carbocycles. The Kier molecular flexibility index (Phi) is 11.0. The van der Waals surface area contributed by atoms with E-state index in [4.69, 9.17) is 46.4 Å². The van der Waals surface area contributed by atoms with Crippen LogP contribution in [0.2, 0.25) is 20.1 Å². The Morgan fingerprint density at radius 2 is 1.51 bits per heavy atom. The van der Waals surface area contributed by atoms with Crippen LogP contribution in [-0.2, 0) is 32.6 Å². The van der Waals surface area contributed by atoms with Gasteiger partial charge in [-0.05, 0) is 56.2 Å². The van der Waals surface area contributed by atoms with E-state index in [9.17, 15) is 18.0 Å². The second kappa shape index (κ2) is 13.7. The molecule has 3 rings (SSSR count). The molecule has 0 bridgehead atoms. The van der Waals surface area contributed by atoms with Crippen LogP contribution >= 0.6 is 46.4 Å². The molecule has 3 aromatic rings. The first-order valence-corrected chi connectivity index (χ1v) is 15.9. The molecule has 7 nitrogen and oxygen atoms in total.